The van der Waals surface area contributed by atoms with Gasteiger partial charge in [0.15, 0.2) is 5.11 Å². The van der Waals surface area contributed by atoms with Crippen molar-refractivity contribution in [3.8, 4) is 0 Å². The zero-order chi connectivity index (χ0) is 17.9. The standard InChI is InChI=1S/C17H18FN3O2S2/c18-15-8-4-5-9-16(15)20-10-12-21(13-11-20)17(24)19-25(22,23)14-6-2-1-3-7-14/h1-9H,10-13H2,(H,19,24). The minimum Gasteiger partial charge on any atom is -0.366 e. The number of halogens is 1. The Balaban J connectivity index is 1.61. The van der Waals surface area contributed by atoms with Crippen molar-refractivity contribution in [2.75, 3.05) is 31.1 Å². The van der Waals surface area contributed by atoms with E-state index in [0.29, 0.717) is 31.9 Å². The second-order valence-electron chi connectivity index (χ2n) is 5.65. The normalized spacial score (nSPS) is 15.1. The number of sulfonamides is 1. The highest BCUT2D eigenvalue weighted by molar-refractivity contribution is 7.91. The summed E-state index contributed by atoms with van der Waals surface area (Å²) in [6, 6.07) is 14.7. The van der Waals surface area contributed by atoms with E-state index in [9.17, 15) is 12.8 Å². The molecule has 1 saturated heterocycles. The first kappa shape index (κ1) is 17.6. The molecule has 0 amide bonds. The summed E-state index contributed by atoms with van der Waals surface area (Å²) in [5, 5.41) is 0.164. The Hall–Kier alpha value is -2.19. The average molecular weight is 379 g/mol. The van der Waals surface area contributed by atoms with Crippen molar-refractivity contribution in [2.45, 2.75) is 4.90 Å². The molecular formula is C17H18FN3O2S2. The van der Waals surface area contributed by atoms with Gasteiger partial charge >= 0.3 is 0 Å². The molecule has 5 nitrogen and oxygen atoms in total. The number of piperazine rings is 1. The van der Waals surface area contributed by atoms with Gasteiger partial charge in [0.25, 0.3) is 10.0 Å². The highest BCUT2D eigenvalue weighted by Gasteiger charge is 2.23. The number of para-hydroxylation sites is 1. The molecular weight excluding hydrogens is 361 g/mol. The van der Waals surface area contributed by atoms with Crippen molar-refractivity contribution in [1.29, 1.82) is 0 Å². The predicted molar refractivity (Wildman–Crippen MR) is 99.5 cm³/mol. The molecule has 1 N–H and O–H groups in total. The van der Waals surface area contributed by atoms with Crippen LogP contribution in [0.3, 0.4) is 0 Å². The molecule has 1 heterocycles. The monoisotopic (exact) mass is 379 g/mol. The van der Waals surface area contributed by atoms with E-state index in [1.807, 2.05) is 4.90 Å². The highest BCUT2D eigenvalue weighted by Crippen LogP contribution is 2.20. The summed E-state index contributed by atoms with van der Waals surface area (Å²) < 4.78 is 41.0. The third kappa shape index (κ3) is 4.08. The third-order valence-corrected chi connectivity index (χ3v) is 5.88. The fourth-order valence-corrected chi connectivity index (χ4v) is 4.20. The van der Waals surface area contributed by atoms with E-state index in [1.165, 1.54) is 18.2 Å². The fraction of sp³-hybridized carbons (Fsp3) is 0.235. The molecule has 0 aromatic heterocycles. The Morgan fingerprint density at radius 2 is 1.56 bits per heavy atom. The van der Waals surface area contributed by atoms with Gasteiger partial charge in [0.2, 0.25) is 0 Å². The molecule has 0 aliphatic carbocycles. The summed E-state index contributed by atoms with van der Waals surface area (Å²) in [5.41, 5.74) is 0.554. The maximum Gasteiger partial charge on any atom is 0.263 e. The number of thiocarbonyl (C=S) groups is 1. The summed E-state index contributed by atoms with van der Waals surface area (Å²) in [6.45, 7) is 2.16. The number of nitrogens with zero attached hydrogens (tertiary/aromatic N) is 2. The van der Waals surface area contributed by atoms with E-state index in [4.69, 9.17) is 12.2 Å². The molecule has 1 aliphatic heterocycles. The smallest absolute Gasteiger partial charge is 0.263 e. The van der Waals surface area contributed by atoms with Gasteiger partial charge in [-0.3, -0.25) is 4.72 Å². The molecule has 2 aromatic rings. The van der Waals surface area contributed by atoms with Crippen LogP contribution in [0.4, 0.5) is 10.1 Å². The molecule has 0 bridgehead atoms. The van der Waals surface area contributed by atoms with Gasteiger partial charge in [-0.15, -0.1) is 0 Å². The number of anilines is 1. The Morgan fingerprint density at radius 3 is 2.20 bits per heavy atom. The van der Waals surface area contributed by atoms with Gasteiger partial charge in [-0.2, -0.15) is 0 Å². The number of rotatable bonds is 3. The van der Waals surface area contributed by atoms with E-state index in [2.05, 4.69) is 4.72 Å². The van der Waals surface area contributed by atoms with Crippen molar-refractivity contribution in [1.82, 2.24) is 9.62 Å². The second kappa shape index (κ2) is 7.37. The zero-order valence-electron chi connectivity index (χ0n) is 13.4. The third-order valence-electron chi connectivity index (χ3n) is 4.04. The van der Waals surface area contributed by atoms with E-state index < -0.39 is 10.0 Å². The topological polar surface area (TPSA) is 52.7 Å². The molecule has 1 fully saturated rings. The molecule has 3 rings (SSSR count). The SMILES string of the molecule is O=S(=O)(NC(=S)N1CCN(c2ccccc2F)CC1)c1ccccc1. The largest absolute Gasteiger partial charge is 0.366 e. The minimum atomic E-state index is -3.69. The summed E-state index contributed by atoms with van der Waals surface area (Å²) in [7, 11) is -3.69. The van der Waals surface area contributed by atoms with Crippen LogP contribution < -0.4 is 9.62 Å². The van der Waals surface area contributed by atoms with Crippen LogP contribution in [0.15, 0.2) is 59.5 Å². The average Bonchev–Trinajstić information content (AvgIpc) is 2.63. The quantitative estimate of drug-likeness (QED) is 0.829. The van der Waals surface area contributed by atoms with Crippen molar-refractivity contribution < 1.29 is 12.8 Å². The lowest BCUT2D eigenvalue weighted by Crippen LogP contribution is -2.52. The van der Waals surface area contributed by atoms with Gasteiger partial charge in [-0.25, -0.2) is 12.8 Å². The summed E-state index contributed by atoms with van der Waals surface area (Å²) >= 11 is 5.25. The number of hydrogen-bond acceptors (Lipinski definition) is 4. The molecule has 132 valence electrons. The van der Waals surface area contributed by atoms with Gasteiger partial charge in [-0.1, -0.05) is 30.3 Å². The van der Waals surface area contributed by atoms with Crippen molar-refractivity contribution in [3.05, 3.63) is 60.4 Å². The molecule has 8 heteroatoms. The van der Waals surface area contributed by atoms with Crippen LogP contribution in [0, 0.1) is 5.82 Å². The van der Waals surface area contributed by atoms with Crippen LogP contribution in [-0.4, -0.2) is 44.6 Å². The van der Waals surface area contributed by atoms with Crippen LogP contribution in [0.5, 0.6) is 0 Å². The van der Waals surface area contributed by atoms with E-state index in [1.54, 1.807) is 41.3 Å². The molecule has 0 unspecified atom stereocenters. The molecule has 0 radical (unpaired) electrons. The van der Waals surface area contributed by atoms with Gasteiger partial charge in [0.1, 0.15) is 5.82 Å². The van der Waals surface area contributed by atoms with Crippen molar-refractivity contribution >= 4 is 33.0 Å². The highest BCUT2D eigenvalue weighted by atomic mass is 32.2. The first-order valence-electron chi connectivity index (χ1n) is 7.83. The van der Waals surface area contributed by atoms with Crippen LogP contribution >= 0.6 is 12.2 Å². The number of nitrogens with one attached hydrogen (secondary N) is 1. The van der Waals surface area contributed by atoms with Crippen LogP contribution in [0.1, 0.15) is 0 Å². The van der Waals surface area contributed by atoms with Crippen LogP contribution in [0.25, 0.3) is 0 Å². The van der Waals surface area contributed by atoms with Crippen molar-refractivity contribution in [3.63, 3.8) is 0 Å². The number of benzene rings is 2. The lowest BCUT2D eigenvalue weighted by molar-refractivity contribution is 0.383. The molecule has 25 heavy (non-hydrogen) atoms. The van der Waals surface area contributed by atoms with E-state index in [0.717, 1.165) is 0 Å². The number of hydrogen-bond donors (Lipinski definition) is 1. The van der Waals surface area contributed by atoms with Crippen molar-refractivity contribution in [2.24, 2.45) is 0 Å². The first-order chi connectivity index (χ1) is 12.0. The Bertz CT molecular complexity index is 851. The second-order valence-corrected chi connectivity index (χ2v) is 7.72. The predicted octanol–water partition coefficient (Wildman–Crippen LogP) is 2.21. The van der Waals surface area contributed by atoms with Gasteiger partial charge < -0.3 is 9.80 Å². The zero-order valence-corrected chi connectivity index (χ0v) is 15.1. The molecule has 1 aliphatic rings. The summed E-state index contributed by atoms with van der Waals surface area (Å²) in [5.74, 6) is -0.261. The maximum atomic E-state index is 13.9. The van der Waals surface area contributed by atoms with Crippen LogP contribution in [-0.2, 0) is 10.0 Å². The van der Waals surface area contributed by atoms with Gasteiger partial charge in [-0.05, 0) is 36.5 Å². The van der Waals surface area contributed by atoms with Gasteiger partial charge in [0, 0.05) is 26.2 Å². The Kier molecular flexibility index (Phi) is 5.19. The van der Waals surface area contributed by atoms with E-state index in [-0.39, 0.29) is 15.8 Å². The summed E-state index contributed by atoms with van der Waals surface area (Å²) in [6.07, 6.45) is 0. The molecule has 0 atom stereocenters. The molecule has 0 spiro atoms. The fourth-order valence-electron chi connectivity index (χ4n) is 2.70. The molecule has 2 aromatic carbocycles. The maximum absolute atomic E-state index is 13.9. The Labute approximate surface area is 152 Å². The van der Waals surface area contributed by atoms with Gasteiger partial charge in [0.05, 0.1) is 10.6 Å². The lowest BCUT2D eigenvalue weighted by atomic mass is 10.2. The summed E-state index contributed by atoms with van der Waals surface area (Å²) in [4.78, 5) is 3.88. The molecule has 0 saturated carbocycles. The van der Waals surface area contributed by atoms with E-state index >= 15 is 0 Å². The minimum absolute atomic E-state index is 0.164. The lowest BCUT2D eigenvalue weighted by Gasteiger charge is -2.37. The Morgan fingerprint density at radius 1 is 0.960 bits per heavy atom. The first-order valence-corrected chi connectivity index (χ1v) is 9.73. The van der Waals surface area contributed by atoms with Crippen LogP contribution in [0.2, 0.25) is 0 Å².